The molecule has 0 amide bonds. The van der Waals surface area contributed by atoms with Crippen molar-refractivity contribution in [2.45, 2.75) is 13.5 Å². The summed E-state index contributed by atoms with van der Waals surface area (Å²) < 4.78 is 12.5. The molecule has 2 aromatic carbocycles. The van der Waals surface area contributed by atoms with Gasteiger partial charge < -0.3 is 14.0 Å². The molecule has 0 aliphatic carbocycles. The van der Waals surface area contributed by atoms with Gasteiger partial charge in [-0.05, 0) is 37.3 Å². The minimum absolute atomic E-state index is 0.410. The number of halogens is 1. The maximum atomic E-state index is 12.0. The third kappa shape index (κ3) is 2.03. The fourth-order valence-electron chi connectivity index (χ4n) is 2.95. The molecule has 3 rings (SSSR count). The Morgan fingerprint density at radius 3 is 2.55 bits per heavy atom. The van der Waals surface area contributed by atoms with Gasteiger partial charge in [-0.15, -0.1) is 0 Å². The van der Waals surface area contributed by atoms with Crippen molar-refractivity contribution in [3.8, 4) is 5.75 Å². The standard InChI is InChI=1S/C17H16ClNO3/c1-4-19-13-7-5-10(18)9-12(13)15-14(19)8-6-11(16(15)21-2)17(20)22-3/h5-9H,4H2,1-3H3. The molecule has 0 aliphatic rings. The number of carbonyl (C=O) groups excluding carboxylic acids is 1. The van der Waals surface area contributed by atoms with Crippen LogP contribution in [-0.4, -0.2) is 24.8 Å². The summed E-state index contributed by atoms with van der Waals surface area (Å²) >= 11 is 6.15. The highest BCUT2D eigenvalue weighted by Gasteiger charge is 2.20. The third-order valence-corrected chi connectivity index (χ3v) is 4.11. The molecule has 0 bridgehead atoms. The van der Waals surface area contributed by atoms with E-state index in [2.05, 4.69) is 11.5 Å². The predicted octanol–water partition coefficient (Wildman–Crippen LogP) is 4.26. The van der Waals surface area contributed by atoms with Gasteiger partial charge in [0, 0.05) is 22.5 Å². The monoisotopic (exact) mass is 317 g/mol. The van der Waals surface area contributed by atoms with Crippen LogP contribution in [0.15, 0.2) is 30.3 Å². The number of carbonyl (C=O) groups is 1. The van der Waals surface area contributed by atoms with E-state index >= 15 is 0 Å². The fourth-order valence-corrected chi connectivity index (χ4v) is 3.13. The van der Waals surface area contributed by atoms with Gasteiger partial charge in [0.15, 0.2) is 0 Å². The molecule has 0 saturated heterocycles. The molecule has 0 radical (unpaired) electrons. The van der Waals surface area contributed by atoms with Gasteiger partial charge >= 0.3 is 5.97 Å². The molecule has 0 fully saturated rings. The quantitative estimate of drug-likeness (QED) is 0.678. The number of aromatic nitrogens is 1. The predicted molar refractivity (Wildman–Crippen MR) is 88.0 cm³/mol. The van der Waals surface area contributed by atoms with E-state index in [9.17, 15) is 4.79 Å². The van der Waals surface area contributed by atoms with Gasteiger partial charge in [0.25, 0.3) is 0 Å². The van der Waals surface area contributed by atoms with E-state index in [1.165, 1.54) is 7.11 Å². The Hall–Kier alpha value is -2.20. The van der Waals surface area contributed by atoms with E-state index in [0.29, 0.717) is 16.3 Å². The molecule has 3 aromatic rings. The lowest BCUT2D eigenvalue weighted by Gasteiger charge is -2.09. The SMILES string of the molecule is CCn1c2ccc(Cl)cc2c2c(OC)c(C(=O)OC)ccc21. The minimum Gasteiger partial charge on any atom is -0.495 e. The molecule has 0 saturated carbocycles. The van der Waals surface area contributed by atoms with Crippen LogP contribution in [0.1, 0.15) is 17.3 Å². The van der Waals surface area contributed by atoms with Gasteiger partial charge in [0.2, 0.25) is 0 Å². The Morgan fingerprint density at radius 2 is 1.91 bits per heavy atom. The first-order valence-corrected chi connectivity index (χ1v) is 7.37. The second-order valence-electron chi connectivity index (χ2n) is 4.94. The van der Waals surface area contributed by atoms with Crippen LogP contribution < -0.4 is 4.74 Å². The number of methoxy groups -OCH3 is 2. The average molecular weight is 318 g/mol. The van der Waals surface area contributed by atoms with Crippen molar-refractivity contribution in [3.63, 3.8) is 0 Å². The molecule has 0 aliphatic heterocycles. The van der Waals surface area contributed by atoms with E-state index in [4.69, 9.17) is 21.1 Å². The zero-order valence-electron chi connectivity index (χ0n) is 12.6. The smallest absolute Gasteiger partial charge is 0.341 e. The first-order valence-electron chi connectivity index (χ1n) is 6.99. The topological polar surface area (TPSA) is 40.5 Å². The molecule has 1 heterocycles. The van der Waals surface area contributed by atoms with Crippen LogP contribution in [0.3, 0.4) is 0 Å². The number of esters is 1. The molecule has 0 spiro atoms. The fraction of sp³-hybridized carbons (Fsp3) is 0.235. The zero-order chi connectivity index (χ0) is 15.9. The van der Waals surface area contributed by atoms with Crippen LogP contribution >= 0.6 is 11.6 Å². The molecule has 4 nitrogen and oxygen atoms in total. The summed E-state index contributed by atoms with van der Waals surface area (Å²) in [6.45, 7) is 2.89. The van der Waals surface area contributed by atoms with E-state index < -0.39 is 5.97 Å². The Kier molecular flexibility index (Phi) is 3.71. The van der Waals surface area contributed by atoms with Gasteiger partial charge in [0.1, 0.15) is 11.3 Å². The molecule has 0 unspecified atom stereocenters. The normalized spacial score (nSPS) is 11.1. The summed E-state index contributed by atoms with van der Waals surface area (Å²) in [6.07, 6.45) is 0. The number of aryl methyl sites for hydroxylation is 1. The summed E-state index contributed by atoms with van der Waals surface area (Å²) in [5.41, 5.74) is 2.47. The second kappa shape index (κ2) is 5.54. The number of hydrogen-bond acceptors (Lipinski definition) is 3. The molecule has 1 aromatic heterocycles. The van der Waals surface area contributed by atoms with Crippen molar-refractivity contribution in [3.05, 3.63) is 40.9 Å². The van der Waals surface area contributed by atoms with Gasteiger partial charge in [0.05, 0.1) is 25.1 Å². The zero-order valence-corrected chi connectivity index (χ0v) is 13.4. The largest absolute Gasteiger partial charge is 0.495 e. The van der Waals surface area contributed by atoms with Crippen molar-refractivity contribution in [1.29, 1.82) is 0 Å². The van der Waals surface area contributed by atoms with E-state index in [0.717, 1.165) is 28.4 Å². The van der Waals surface area contributed by atoms with Crippen molar-refractivity contribution in [2.24, 2.45) is 0 Å². The Balaban J connectivity index is 2.52. The maximum absolute atomic E-state index is 12.0. The molecule has 22 heavy (non-hydrogen) atoms. The van der Waals surface area contributed by atoms with E-state index in [1.807, 2.05) is 24.3 Å². The maximum Gasteiger partial charge on any atom is 0.341 e. The third-order valence-electron chi connectivity index (χ3n) is 3.87. The lowest BCUT2D eigenvalue weighted by Crippen LogP contribution is -2.04. The molecule has 5 heteroatoms. The van der Waals surface area contributed by atoms with Crippen molar-refractivity contribution in [1.82, 2.24) is 4.57 Å². The molecule has 114 valence electrons. The van der Waals surface area contributed by atoms with Crippen molar-refractivity contribution in [2.75, 3.05) is 14.2 Å². The highest BCUT2D eigenvalue weighted by atomic mass is 35.5. The Morgan fingerprint density at radius 1 is 1.18 bits per heavy atom. The van der Waals surface area contributed by atoms with Crippen molar-refractivity contribution < 1.29 is 14.3 Å². The summed E-state index contributed by atoms with van der Waals surface area (Å²) in [6, 6.07) is 9.40. The summed E-state index contributed by atoms with van der Waals surface area (Å²) in [5.74, 6) is 0.0991. The highest BCUT2D eigenvalue weighted by Crippen LogP contribution is 2.39. The van der Waals surface area contributed by atoms with Crippen LogP contribution in [0, 0.1) is 0 Å². The lowest BCUT2D eigenvalue weighted by atomic mass is 10.1. The van der Waals surface area contributed by atoms with Gasteiger partial charge in [-0.1, -0.05) is 11.6 Å². The number of ether oxygens (including phenoxy) is 2. The van der Waals surface area contributed by atoms with Crippen LogP contribution in [-0.2, 0) is 11.3 Å². The molecular weight excluding hydrogens is 302 g/mol. The Labute approximate surface area is 133 Å². The van der Waals surface area contributed by atoms with Gasteiger partial charge in [-0.25, -0.2) is 4.79 Å². The number of benzene rings is 2. The minimum atomic E-state index is -0.418. The number of hydrogen-bond donors (Lipinski definition) is 0. The molecular formula is C17H16ClNO3. The number of nitrogens with zero attached hydrogens (tertiary/aromatic N) is 1. The second-order valence-corrected chi connectivity index (χ2v) is 5.37. The average Bonchev–Trinajstić information content (AvgIpc) is 2.86. The van der Waals surface area contributed by atoms with Gasteiger partial charge in [-0.3, -0.25) is 0 Å². The number of fused-ring (bicyclic) bond motifs is 3. The van der Waals surface area contributed by atoms with Crippen LogP contribution in [0.25, 0.3) is 21.8 Å². The first kappa shape index (κ1) is 14.7. The van der Waals surface area contributed by atoms with Crippen LogP contribution in [0.4, 0.5) is 0 Å². The van der Waals surface area contributed by atoms with Crippen molar-refractivity contribution >= 4 is 39.4 Å². The first-order chi connectivity index (χ1) is 10.6. The molecule has 0 N–H and O–H groups in total. The summed E-state index contributed by atoms with van der Waals surface area (Å²) in [7, 11) is 2.92. The van der Waals surface area contributed by atoms with Crippen LogP contribution in [0.5, 0.6) is 5.75 Å². The summed E-state index contributed by atoms with van der Waals surface area (Å²) in [4.78, 5) is 12.0. The highest BCUT2D eigenvalue weighted by molar-refractivity contribution is 6.32. The molecule has 0 atom stereocenters. The van der Waals surface area contributed by atoms with Gasteiger partial charge in [-0.2, -0.15) is 0 Å². The van der Waals surface area contributed by atoms with E-state index in [-0.39, 0.29) is 0 Å². The van der Waals surface area contributed by atoms with E-state index in [1.54, 1.807) is 13.2 Å². The number of rotatable bonds is 3. The Bertz CT molecular complexity index is 883. The lowest BCUT2D eigenvalue weighted by molar-refractivity contribution is 0.0597. The van der Waals surface area contributed by atoms with Crippen LogP contribution in [0.2, 0.25) is 5.02 Å². The summed E-state index contributed by atoms with van der Waals surface area (Å²) in [5, 5.41) is 2.49.